The highest BCUT2D eigenvalue weighted by Gasteiger charge is 2.40. The molecule has 2 aromatic carbocycles. The van der Waals surface area contributed by atoms with E-state index in [2.05, 4.69) is 15.0 Å². The molecule has 0 saturated heterocycles. The second-order valence-electron chi connectivity index (χ2n) is 6.01. The van der Waals surface area contributed by atoms with E-state index in [0.29, 0.717) is 11.1 Å². The summed E-state index contributed by atoms with van der Waals surface area (Å²) in [4.78, 5) is 4.16. The summed E-state index contributed by atoms with van der Waals surface area (Å²) in [5.41, 5.74) is 7.16. The second kappa shape index (κ2) is 8.77. The van der Waals surface area contributed by atoms with E-state index in [0.717, 1.165) is 6.42 Å². The monoisotopic (exact) mass is 495 g/mol. The minimum Gasteiger partial charge on any atom is -0.406 e. The van der Waals surface area contributed by atoms with Crippen LogP contribution in [0.5, 0.6) is 5.75 Å². The molecule has 1 fully saturated rings. The van der Waals surface area contributed by atoms with Gasteiger partial charge in [-0.15, -0.1) is 37.1 Å². The van der Waals surface area contributed by atoms with Gasteiger partial charge in [0.2, 0.25) is 0 Å². The third kappa shape index (κ3) is 6.26. The predicted octanol–water partition coefficient (Wildman–Crippen LogP) is 4.30. The lowest BCUT2D eigenvalue weighted by Gasteiger charge is -2.09. The molecule has 0 amide bonds. The first-order valence-corrected chi connectivity index (χ1v) is 7.97. The van der Waals surface area contributed by atoms with Crippen LogP contribution in [0.3, 0.4) is 0 Å². The Labute approximate surface area is 170 Å². The zero-order valence-electron chi connectivity index (χ0n) is 14.0. The number of aliphatic imine (C=N–C) groups is 1. The van der Waals surface area contributed by atoms with Crippen molar-refractivity contribution in [2.75, 3.05) is 0 Å². The van der Waals surface area contributed by atoms with Gasteiger partial charge in [-0.25, -0.2) is 9.38 Å². The fourth-order valence-corrected chi connectivity index (χ4v) is 2.68. The summed E-state index contributed by atoms with van der Waals surface area (Å²) >= 11 is 0. The van der Waals surface area contributed by atoms with Crippen molar-refractivity contribution in [1.82, 2.24) is 5.32 Å². The molecule has 4 nitrogen and oxygen atoms in total. The van der Waals surface area contributed by atoms with Crippen molar-refractivity contribution < 1.29 is 22.3 Å². The summed E-state index contributed by atoms with van der Waals surface area (Å²) < 4.78 is 53.9. The maximum absolute atomic E-state index is 13.7. The number of benzene rings is 2. The standard InChI is InChI=1S/C18H17F4N3O.HI/c19-15-4-2-1-3-13(15)14-9-16(14)25-17(23)24-10-11-5-7-12(8-6-11)26-18(20,21)22;/h1-8,14,16H,9-10H2,(H3,23,24,25);1H. The first-order valence-electron chi connectivity index (χ1n) is 7.97. The van der Waals surface area contributed by atoms with Crippen LogP contribution >= 0.6 is 24.0 Å². The maximum atomic E-state index is 13.7. The van der Waals surface area contributed by atoms with E-state index in [9.17, 15) is 17.6 Å². The van der Waals surface area contributed by atoms with Gasteiger partial charge in [-0.05, 0) is 35.7 Å². The molecule has 1 saturated carbocycles. The molecule has 27 heavy (non-hydrogen) atoms. The molecule has 9 heteroatoms. The molecular weight excluding hydrogens is 477 g/mol. The molecule has 3 N–H and O–H groups in total. The zero-order valence-corrected chi connectivity index (χ0v) is 16.4. The van der Waals surface area contributed by atoms with Crippen molar-refractivity contribution in [3.8, 4) is 5.75 Å². The lowest BCUT2D eigenvalue weighted by molar-refractivity contribution is -0.274. The Kier molecular flexibility index (Phi) is 6.90. The molecule has 2 unspecified atom stereocenters. The molecule has 1 aliphatic carbocycles. The van der Waals surface area contributed by atoms with E-state index >= 15 is 0 Å². The van der Waals surface area contributed by atoms with Gasteiger partial charge in [0.05, 0.1) is 6.54 Å². The van der Waals surface area contributed by atoms with Crippen LogP contribution in [0.4, 0.5) is 17.6 Å². The van der Waals surface area contributed by atoms with Crippen LogP contribution in [0.1, 0.15) is 23.5 Å². The van der Waals surface area contributed by atoms with Crippen molar-refractivity contribution in [2.45, 2.75) is 31.3 Å². The van der Waals surface area contributed by atoms with E-state index in [1.165, 1.54) is 30.3 Å². The highest BCUT2D eigenvalue weighted by molar-refractivity contribution is 14.0. The van der Waals surface area contributed by atoms with Crippen LogP contribution in [0, 0.1) is 5.82 Å². The molecule has 0 aromatic heterocycles. The number of alkyl halides is 3. The number of ether oxygens (including phenoxy) is 1. The van der Waals surface area contributed by atoms with Crippen LogP contribution in [0.15, 0.2) is 53.5 Å². The van der Waals surface area contributed by atoms with Crippen molar-refractivity contribution in [3.05, 3.63) is 65.5 Å². The van der Waals surface area contributed by atoms with Gasteiger partial charge in [0, 0.05) is 12.0 Å². The Morgan fingerprint density at radius 2 is 1.81 bits per heavy atom. The summed E-state index contributed by atoms with van der Waals surface area (Å²) in [5, 5.41) is 3.03. The van der Waals surface area contributed by atoms with Gasteiger partial charge < -0.3 is 15.8 Å². The lowest BCUT2D eigenvalue weighted by Crippen LogP contribution is -2.34. The van der Waals surface area contributed by atoms with Crippen LogP contribution in [-0.4, -0.2) is 18.4 Å². The first kappa shape index (κ1) is 21.3. The fourth-order valence-electron chi connectivity index (χ4n) is 2.68. The average Bonchev–Trinajstić information content (AvgIpc) is 3.32. The number of nitrogens with one attached hydrogen (secondary N) is 1. The van der Waals surface area contributed by atoms with Crippen LogP contribution in [0.25, 0.3) is 0 Å². The number of halogens is 5. The number of guanidine groups is 1. The number of hydrogen-bond acceptors (Lipinski definition) is 2. The molecule has 2 atom stereocenters. The van der Waals surface area contributed by atoms with Gasteiger partial charge in [-0.3, -0.25) is 0 Å². The summed E-state index contributed by atoms with van der Waals surface area (Å²) in [6, 6.07) is 12.0. The maximum Gasteiger partial charge on any atom is 0.573 e. The quantitative estimate of drug-likeness (QED) is 0.282. The molecular formula is C18H18F4IN3O. The second-order valence-corrected chi connectivity index (χ2v) is 6.01. The molecule has 2 aromatic rings. The van der Waals surface area contributed by atoms with Gasteiger partial charge in [-0.1, -0.05) is 30.3 Å². The molecule has 0 aliphatic heterocycles. The highest BCUT2D eigenvalue weighted by Crippen LogP contribution is 2.41. The van der Waals surface area contributed by atoms with Crippen LogP contribution < -0.4 is 15.8 Å². The number of rotatable bonds is 5. The van der Waals surface area contributed by atoms with Gasteiger partial charge in [0.15, 0.2) is 5.96 Å². The average molecular weight is 495 g/mol. The summed E-state index contributed by atoms with van der Waals surface area (Å²) in [6.07, 6.45) is -3.95. The predicted molar refractivity (Wildman–Crippen MR) is 105 cm³/mol. The molecule has 1 aliphatic rings. The molecule has 0 radical (unpaired) electrons. The number of nitrogens with two attached hydrogens (primary N) is 1. The Morgan fingerprint density at radius 1 is 1.15 bits per heavy atom. The molecule has 3 rings (SSSR count). The van der Waals surface area contributed by atoms with Crippen LogP contribution in [-0.2, 0) is 6.54 Å². The largest absolute Gasteiger partial charge is 0.573 e. The molecule has 0 bridgehead atoms. The normalized spacial score (nSPS) is 19.2. The van der Waals surface area contributed by atoms with Gasteiger partial charge >= 0.3 is 6.36 Å². The fraction of sp³-hybridized carbons (Fsp3) is 0.278. The van der Waals surface area contributed by atoms with Crippen molar-refractivity contribution in [3.63, 3.8) is 0 Å². The van der Waals surface area contributed by atoms with E-state index < -0.39 is 6.36 Å². The minimum absolute atomic E-state index is 0. The zero-order chi connectivity index (χ0) is 18.7. The van der Waals surface area contributed by atoms with Crippen molar-refractivity contribution in [2.24, 2.45) is 10.7 Å². The minimum atomic E-state index is -4.72. The third-order valence-corrected chi connectivity index (χ3v) is 4.02. The van der Waals surface area contributed by atoms with E-state index in [-0.39, 0.29) is 60.0 Å². The number of nitrogens with zero attached hydrogens (tertiary/aromatic N) is 1. The molecule has 146 valence electrons. The van der Waals surface area contributed by atoms with E-state index in [1.807, 2.05) is 0 Å². The summed E-state index contributed by atoms with van der Waals surface area (Å²) in [6.45, 7) is 0.211. The van der Waals surface area contributed by atoms with E-state index in [1.54, 1.807) is 18.2 Å². The molecule has 0 spiro atoms. The van der Waals surface area contributed by atoms with E-state index in [4.69, 9.17) is 5.73 Å². The number of hydrogen-bond donors (Lipinski definition) is 2. The Morgan fingerprint density at radius 3 is 2.44 bits per heavy atom. The topological polar surface area (TPSA) is 59.6 Å². The first-order chi connectivity index (χ1) is 12.3. The van der Waals surface area contributed by atoms with Gasteiger partial charge in [-0.2, -0.15) is 0 Å². The SMILES string of the molecule is I.NC(=NCc1ccc(OC(F)(F)F)cc1)NC1CC1c1ccccc1F. The Hall–Kier alpha value is -2.04. The van der Waals surface area contributed by atoms with Crippen LogP contribution in [0.2, 0.25) is 0 Å². The Balaban J connectivity index is 0.00000261. The van der Waals surface area contributed by atoms with Gasteiger partial charge in [0.1, 0.15) is 11.6 Å². The summed E-state index contributed by atoms with van der Waals surface area (Å²) in [7, 11) is 0. The smallest absolute Gasteiger partial charge is 0.406 e. The lowest BCUT2D eigenvalue weighted by atomic mass is 10.1. The Bertz CT molecular complexity index is 796. The summed E-state index contributed by atoms with van der Waals surface area (Å²) in [5.74, 6) is -0.256. The molecule has 0 heterocycles. The third-order valence-electron chi connectivity index (χ3n) is 4.02. The van der Waals surface area contributed by atoms with Crippen molar-refractivity contribution in [1.29, 1.82) is 0 Å². The van der Waals surface area contributed by atoms with Gasteiger partial charge in [0.25, 0.3) is 0 Å². The highest BCUT2D eigenvalue weighted by atomic mass is 127. The van der Waals surface area contributed by atoms with Crippen molar-refractivity contribution >= 4 is 29.9 Å².